The largest absolute Gasteiger partial charge is 0.508 e. The zero-order chi connectivity index (χ0) is 67.7. The quantitative estimate of drug-likeness (QED) is 0.00798. The minimum atomic E-state index is -1.59. The molecule has 0 saturated carbocycles. The van der Waals surface area contributed by atoms with Crippen molar-refractivity contribution in [1.82, 2.24) is 61.6 Å². The third-order valence-corrected chi connectivity index (χ3v) is 15.8. The number of amides is 10. The maximum Gasteiger partial charge on any atom is 0.261 e. The topological polar surface area (TPSA) is 478 Å². The summed E-state index contributed by atoms with van der Waals surface area (Å²) in [5.74, 6) is -9.32. The van der Waals surface area contributed by atoms with Gasteiger partial charge in [0.25, 0.3) is 11.8 Å². The SMILES string of the molecule is CC[C@H](C)[C@H](NC(=O)[C@H](C)NC(=O)[C@H](Cc1cnc[nH]1)NC(=O)[C@H](CCCCN)N(C(=O)c1ccc(C=O)cc1)C(=O)c1ccc(C=O)cc1)C(=O)N[C@@H](Cc1ccc(O)cc1)C(=O)N1CCC[C@H]1C(=O)N[C@@H](CCCN=C(N)N)C(=O)N[C@@H](Cc1cnc[nH]1)C(N)=O. The molecule has 0 unspecified atom stereocenters. The van der Waals surface area contributed by atoms with Crippen molar-refractivity contribution in [2.45, 2.75) is 140 Å². The van der Waals surface area contributed by atoms with Crippen molar-refractivity contribution >= 4 is 77.6 Å². The second-order valence-corrected chi connectivity index (χ2v) is 22.6. The number of imide groups is 1. The first-order valence-electron chi connectivity index (χ1n) is 30.4. The number of phenolic OH excluding ortho intramolecular Hbond substituents is 1. The van der Waals surface area contributed by atoms with Crippen molar-refractivity contribution in [3.05, 3.63) is 137 Å². The van der Waals surface area contributed by atoms with Gasteiger partial charge in [0.05, 0.1) is 12.7 Å². The number of carbonyl (C=O) groups excluding carboxylic acids is 12. The van der Waals surface area contributed by atoms with Gasteiger partial charge in [-0.1, -0.05) is 56.7 Å². The van der Waals surface area contributed by atoms with Crippen molar-refractivity contribution < 1.29 is 62.6 Å². The number of unbranched alkanes of at least 4 members (excludes halogenated alkanes) is 1. The number of carbonyl (C=O) groups is 12. The lowest BCUT2D eigenvalue weighted by Crippen LogP contribution is -2.61. The Morgan fingerprint density at radius 3 is 1.74 bits per heavy atom. The van der Waals surface area contributed by atoms with Crippen molar-refractivity contribution in [3.63, 3.8) is 0 Å². The Bertz CT molecular complexity index is 3350. The average molecular weight is 1280 g/mol. The molecule has 0 spiro atoms. The zero-order valence-electron chi connectivity index (χ0n) is 51.9. The number of benzene rings is 3. The zero-order valence-corrected chi connectivity index (χ0v) is 51.9. The lowest BCUT2D eigenvalue weighted by Gasteiger charge is -2.32. The fourth-order valence-corrected chi connectivity index (χ4v) is 10.4. The molecular formula is C63H81N17O13. The smallest absolute Gasteiger partial charge is 0.261 e. The normalized spacial score (nSPS) is 15.2. The van der Waals surface area contributed by atoms with E-state index in [1.165, 1.54) is 110 Å². The van der Waals surface area contributed by atoms with Gasteiger partial charge in [0.2, 0.25) is 47.3 Å². The van der Waals surface area contributed by atoms with E-state index in [1.807, 2.05) is 0 Å². The van der Waals surface area contributed by atoms with Gasteiger partial charge >= 0.3 is 0 Å². The van der Waals surface area contributed by atoms with Crippen molar-refractivity contribution in [2.24, 2.45) is 33.8 Å². The number of nitrogens with zero attached hydrogens (tertiary/aromatic N) is 5. The Hall–Kier alpha value is -10.6. The molecule has 30 heteroatoms. The van der Waals surface area contributed by atoms with Crippen LogP contribution >= 0.6 is 0 Å². The maximum absolute atomic E-state index is 15.0. The molecule has 0 radical (unpaired) electrons. The monoisotopic (exact) mass is 1280 g/mol. The summed E-state index contributed by atoms with van der Waals surface area (Å²) in [5.41, 5.74) is 24.2. The van der Waals surface area contributed by atoms with Crippen LogP contribution in [0.1, 0.15) is 131 Å². The van der Waals surface area contributed by atoms with Gasteiger partial charge in [-0.05, 0) is 106 Å². The summed E-state index contributed by atoms with van der Waals surface area (Å²) in [6.45, 7) is 5.10. The molecule has 1 aliphatic heterocycles. The average Bonchev–Trinajstić information content (AvgIpc) is 1.97. The number of H-pyrrole nitrogens is 2. The van der Waals surface area contributed by atoms with E-state index in [9.17, 15) is 62.6 Å². The molecule has 1 fully saturated rings. The molecule has 3 aromatic carbocycles. The summed E-state index contributed by atoms with van der Waals surface area (Å²) >= 11 is 0. The summed E-state index contributed by atoms with van der Waals surface area (Å²) < 4.78 is 0. The second kappa shape index (κ2) is 35.1. The molecule has 2 aromatic heterocycles. The number of primary amides is 1. The highest BCUT2D eigenvalue weighted by Gasteiger charge is 2.42. The number of hydrogen-bond acceptors (Lipinski definition) is 17. The van der Waals surface area contributed by atoms with Crippen LogP contribution in [0.15, 0.2) is 103 Å². The van der Waals surface area contributed by atoms with E-state index in [2.05, 4.69) is 56.8 Å². The number of aromatic nitrogens is 4. The van der Waals surface area contributed by atoms with E-state index in [-0.39, 0.29) is 105 Å². The van der Waals surface area contributed by atoms with Gasteiger partial charge in [-0.2, -0.15) is 0 Å². The van der Waals surface area contributed by atoms with Gasteiger partial charge in [-0.3, -0.25) is 67.4 Å². The standard InChI is InChI=1S/C63H81N17O13/c1-4-36(2)52(59(90)77-49(27-38-16-22-45(83)23-17-38)62(93)79-26-8-11-50(79)57(88)74-46(9-7-25-70-63(66)67)55(86)75-47(53(65)84)28-43-30-68-34-71-43)78-54(85)37(3)73-56(87)48(29-44-31-69-35-72-44)76-58(89)51(10-5-6-24-64)80(60(91)41-18-12-39(32-81)13-19-41)61(92)42-20-14-40(33-82)15-21-42/h12-23,30-37,46-52,83H,4-11,24-29,64H2,1-3H3,(H2,65,84)(H,68,71)(H,69,72)(H,73,87)(H,74,88)(H,75,86)(H,76,89)(H,77,90)(H,78,85)(H4,66,67,70)/t36-,37-,46-,47-,48-,49-,50-,51-,52-/m0/s1. The Morgan fingerprint density at radius 2 is 1.22 bits per heavy atom. The van der Waals surface area contributed by atoms with Crippen molar-refractivity contribution in [2.75, 3.05) is 19.6 Å². The lowest BCUT2D eigenvalue weighted by atomic mass is 9.96. The summed E-state index contributed by atoms with van der Waals surface area (Å²) in [6, 6.07) is 5.64. The number of nitrogens with one attached hydrogen (secondary N) is 8. The molecule has 9 atom stereocenters. The minimum Gasteiger partial charge on any atom is -0.508 e. The van der Waals surface area contributed by atoms with Gasteiger partial charge in [-0.25, -0.2) is 9.97 Å². The second-order valence-electron chi connectivity index (χ2n) is 22.6. The molecule has 17 N–H and O–H groups in total. The van der Waals surface area contributed by atoms with Crippen LogP contribution in [0.3, 0.4) is 0 Å². The molecule has 1 saturated heterocycles. The molecule has 496 valence electrons. The number of phenols is 1. The molecule has 3 heterocycles. The van der Waals surface area contributed by atoms with E-state index in [4.69, 9.17) is 22.9 Å². The molecule has 6 rings (SSSR count). The molecule has 0 bridgehead atoms. The molecule has 0 aliphatic carbocycles. The first kappa shape index (κ1) is 71.4. The number of aldehydes is 2. The predicted octanol–water partition coefficient (Wildman–Crippen LogP) is -0.524. The number of rotatable bonds is 35. The van der Waals surface area contributed by atoms with E-state index < -0.39 is 113 Å². The molecule has 5 aromatic rings. The molecule has 93 heavy (non-hydrogen) atoms. The third kappa shape index (κ3) is 20.7. The number of likely N-dealkylation sites (tertiary alicyclic amines) is 1. The van der Waals surface area contributed by atoms with Crippen LogP contribution in [0.25, 0.3) is 0 Å². The van der Waals surface area contributed by atoms with E-state index in [0.29, 0.717) is 48.8 Å². The minimum absolute atomic E-state index is 0.0103. The summed E-state index contributed by atoms with van der Waals surface area (Å²) in [4.78, 5) is 186. The Balaban J connectivity index is 1.22. The third-order valence-electron chi connectivity index (χ3n) is 15.8. The van der Waals surface area contributed by atoms with Crippen LogP contribution in [0, 0.1) is 5.92 Å². The summed E-state index contributed by atoms with van der Waals surface area (Å²) in [7, 11) is 0. The van der Waals surface area contributed by atoms with Crippen LogP contribution < -0.4 is 54.8 Å². The maximum atomic E-state index is 15.0. The number of aromatic amines is 2. The van der Waals surface area contributed by atoms with Crippen molar-refractivity contribution in [1.29, 1.82) is 0 Å². The lowest BCUT2D eigenvalue weighted by molar-refractivity contribution is -0.142. The number of aromatic hydroxyl groups is 1. The Labute approximate surface area is 536 Å². The van der Waals surface area contributed by atoms with Gasteiger partial charge in [0, 0.05) is 78.4 Å². The van der Waals surface area contributed by atoms with Crippen LogP contribution in [0.4, 0.5) is 0 Å². The van der Waals surface area contributed by atoms with E-state index in [1.54, 1.807) is 13.8 Å². The van der Waals surface area contributed by atoms with Crippen molar-refractivity contribution in [3.8, 4) is 5.75 Å². The van der Waals surface area contributed by atoms with E-state index in [0.717, 1.165) is 4.90 Å². The molecule has 10 amide bonds. The fraction of sp³-hybridized carbons (Fsp3) is 0.413. The highest BCUT2D eigenvalue weighted by atomic mass is 16.3. The first-order valence-corrected chi connectivity index (χ1v) is 30.4. The Kier molecular flexibility index (Phi) is 26.9. The molecule has 30 nitrogen and oxygen atoms in total. The highest BCUT2D eigenvalue weighted by Crippen LogP contribution is 2.24. The van der Waals surface area contributed by atoms with Gasteiger partial charge in [0.1, 0.15) is 66.7 Å². The summed E-state index contributed by atoms with van der Waals surface area (Å²) in [5, 5.41) is 26.3. The molecule has 1 aliphatic rings. The van der Waals surface area contributed by atoms with Gasteiger partial charge in [-0.15, -0.1) is 0 Å². The Morgan fingerprint density at radius 1 is 0.656 bits per heavy atom. The molecular weight excluding hydrogens is 1200 g/mol. The van der Waals surface area contributed by atoms with Crippen LogP contribution in [0.2, 0.25) is 0 Å². The highest BCUT2D eigenvalue weighted by molar-refractivity contribution is 6.13. The van der Waals surface area contributed by atoms with Gasteiger partial charge < -0.3 is 74.8 Å². The van der Waals surface area contributed by atoms with Crippen LogP contribution in [-0.4, -0.2) is 180 Å². The van der Waals surface area contributed by atoms with Crippen LogP contribution in [-0.2, 0) is 57.6 Å². The number of aliphatic imine (C=N–C) groups is 1. The first-order chi connectivity index (χ1) is 44.5. The number of hydrogen-bond donors (Lipinski definition) is 13. The fourth-order valence-electron chi connectivity index (χ4n) is 10.4. The number of guanidine groups is 1. The summed E-state index contributed by atoms with van der Waals surface area (Å²) in [6.07, 6.45) is 7.70. The predicted molar refractivity (Wildman–Crippen MR) is 338 cm³/mol. The van der Waals surface area contributed by atoms with Crippen LogP contribution in [0.5, 0.6) is 5.75 Å². The number of nitrogens with two attached hydrogens (primary N) is 4. The number of imidazole rings is 2. The van der Waals surface area contributed by atoms with Gasteiger partial charge in [0.15, 0.2) is 5.96 Å². The van der Waals surface area contributed by atoms with E-state index >= 15 is 0 Å².